The molecule has 0 amide bonds. The zero-order chi connectivity index (χ0) is 10.3. The molecule has 88 valence electrons. The van der Waals surface area contributed by atoms with Gasteiger partial charge >= 0.3 is 0 Å². The number of thiophene rings is 1. The van der Waals surface area contributed by atoms with Crippen LogP contribution >= 0.6 is 23.7 Å². The molecule has 2 bridgehead atoms. The summed E-state index contributed by atoms with van der Waals surface area (Å²) in [5.74, 6) is 0.339. The fourth-order valence-electron chi connectivity index (χ4n) is 2.58. The van der Waals surface area contributed by atoms with Crippen molar-refractivity contribution in [3.63, 3.8) is 0 Å². The first kappa shape index (κ1) is 12.1. The Bertz CT molecular complexity index is 376. The van der Waals surface area contributed by atoms with Crippen molar-refractivity contribution in [1.29, 1.82) is 0 Å². The summed E-state index contributed by atoms with van der Waals surface area (Å²) in [5.41, 5.74) is 1.37. The Kier molecular flexibility index (Phi) is 3.70. The Balaban J connectivity index is 0.000000963. The van der Waals surface area contributed by atoms with E-state index in [9.17, 15) is 5.11 Å². The monoisotopic (exact) mass is 257 g/mol. The highest BCUT2D eigenvalue weighted by Crippen LogP contribution is 2.36. The molecule has 3 heterocycles. The van der Waals surface area contributed by atoms with Gasteiger partial charge in [-0.15, -0.1) is 23.7 Å². The summed E-state index contributed by atoms with van der Waals surface area (Å²) in [7, 11) is 0. The normalized spacial score (nSPS) is 32.8. The van der Waals surface area contributed by atoms with E-state index in [-0.39, 0.29) is 18.5 Å². The molecule has 16 heavy (non-hydrogen) atoms. The first-order valence-electron chi connectivity index (χ1n) is 5.49. The number of hydrogen-bond acceptors (Lipinski definition) is 3. The van der Waals surface area contributed by atoms with Gasteiger partial charge in [-0.1, -0.05) is 12.1 Å². The Morgan fingerprint density at radius 2 is 2.31 bits per heavy atom. The maximum atomic E-state index is 10.0. The van der Waals surface area contributed by atoms with Crippen LogP contribution in [0.3, 0.4) is 0 Å². The topological polar surface area (TPSA) is 23.5 Å². The van der Waals surface area contributed by atoms with Gasteiger partial charge in [-0.25, -0.2) is 0 Å². The molecule has 0 saturated carbocycles. The van der Waals surface area contributed by atoms with Crippen molar-refractivity contribution < 1.29 is 5.11 Å². The quantitative estimate of drug-likeness (QED) is 0.834. The predicted octanol–water partition coefficient (Wildman–Crippen LogP) is 2.25. The number of nitrogens with zero attached hydrogens (tertiary/aromatic N) is 1. The maximum Gasteiger partial charge on any atom is 0.0633 e. The van der Waals surface area contributed by atoms with Crippen molar-refractivity contribution in [2.24, 2.45) is 5.92 Å². The largest absolute Gasteiger partial charge is 0.392 e. The van der Waals surface area contributed by atoms with Crippen LogP contribution < -0.4 is 0 Å². The van der Waals surface area contributed by atoms with E-state index >= 15 is 0 Å². The summed E-state index contributed by atoms with van der Waals surface area (Å²) in [5, 5.41) is 12.1. The molecular weight excluding hydrogens is 242 g/mol. The lowest BCUT2D eigenvalue weighted by molar-refractivity contribution is 0.0510. The van der Waals surface area contributed by atoms with Crippen LogP contribution in [0, 0.1) is 5.92 Å². The number of fused-ring (bicyclic) bond motifs is 2. The van der Waals surface area contributed by atoms with Crippen LogP contribution in [0.15, 0.2) is 23.6 Å². The number of aliphatic hydroxyl groups excluding tert-OH is 1. The molecule has 0 radical (unpaired) electrons. The molecule has 1 N–H and O–H groups in total. The molecule has 3 rings (SSSR count). The Hall–Kier alpha value is -0.350. The molecule has 1 aromatic heterocycles. The molecule has 4 heteroatoms. The maximum absolute atomic E-state index is 10.0. The van der Waals surface area contributed by atoms with E-state index in [2.05, 4.69) is 28.5 Å². The Morgan fingerprint density at radius 3 is 3.06 bits per heavy atom. The number of hydrogen-bond donors (Lipinski definition) is 1. The lowest BCUT2D eigenvalue weighted by Crippen LogP contribution is -2.46. The van der Waals surface area contributed by atoms with Crippen LogP contribution in [-0.2, 0) is 0 Å². The molecule has 2 aliphatic rings. The average Bonchev–Trinajstić information content (AvgIpc) is 2.77. The van der Waals surface area contributed by atoms with Gasteiger partial charge in [0.15, 0.2) is 0 Å². The van der Waals surface area contributed by atoms with Gasteiger partial charge in [0.25, 0.3) is 0 Å². The van der Waals surface area contributed by atoms with Crippen LogP contribution in [0.25, 0.3) is 5.57 Å². The SMILES string of the molecule is Cl.OC1CCN2CC=C(c3cccs3)C1C2. The zero-order valence-corrected chi connectivity index (χ0v) is 10.6. The van der Waals surface area contributed by atoms with Crippen LogP contribution in [0.1, 0.15) is 11.3 Å². The van der Waals surface area contributed by atoms with E-state index < -0.39 is 0 Å². The van der Waals surface area contributed by atoms with E-state index in [1.807, 2.05) is 0 Å². The Morgan fingerprint density at radius 1 is 1.44 bits per heavy atom. The predicted molar refractivity (Wildman–Crippen MR) is 70.1 cm³/mol. The van der Waals surface area contributed by atoms with E-state index in [0.29, 0.717) is 5.92 Å². The molecule has 3 unspecified atom stereocenters. The summed E-state index contributed by atoms with van der Waals surface area (Å²) in [6, 6.07) is 4.25. The first-order chi connectivity index (χ1) is 7.34. The molecule has 3 atom stereocenters. The molecule has 0 aliphatic carbocycles. The van der Waals surface area contributed by atoms with E-state index in [1.54, 1.807) is 11.3 Å². The van der Waals surface area contributed by atoms with E-state index in [4.69, 9.17) is 0 Å². The minimum Gasteiger partial charge on any atom is -0.392 e. The van der Waals surface area contributed by atoms with Crippen molar-refractivity contribution in [1.82, 2.24) is 4.90 Å². The minimum absolute atomic E-state index is 0. The summed E-state index contributed by atoms with van der Waals surface area (Å²) in [6.45, 7) is 3.13. The zero-order valence-electron chi connectivity index (χ0n) is 9.00. The van der Waals surface area contributed by atoms with Gasteiger partial charge in [0.1, 0.15) is 0 Å². The van der Waals surface area contributed by atoms with Gasteiger partial charge in [-0.2, -0.15) is 0 Å². The second-order valence-electron chi connectivity index (χ2n) is 4.36. The number of rotatable bonds is 1. The third-order valence-corrected chi connectivity index (χ3v) is 4.35. The van der Waals surface area contributed by atoms with Gasteiger partial charge < -0.3 is 5.11 Å². The molecule has 0 spiro atoms. The molecule has 1 fully saturated rings. The third-order valence-electron chi connectivity index (χ3n) is 3.44. The molecule has 2 nitrogen and oxygen atoms in total. The second-order valence-corrected chi connectivity index (χ2v) is 5.31. The van der Waals surface area contributed by atoms with Crippen molar-refractivity contribution in [2.75, 3.05) is 19.6 Å². The van der Waals surface area contributed by atoms with Crippen molar-refractivity contribution in [3.8, 4) is 0 Å². The highest BCUT2D eigenvalue weighted by atomic mass is 35.5. The van der Waals surface area contributed by atoms with Crippen LogP contribution in [0.2, 0.25) is 0 Å². The number of aliphatic hydroxyl groups is 1. The standard InChI is InChI=1S/C12H15NOS.ClH/c14-11-4-6-13-5-3-9(10(11)8-13)12-2-1-7-15-12;/h1-3,7,10-11,14H,4-6,8H2;1H. The highest BCUT2D eigenvalue weighted by molar-refractivity contribution is 7.11. The van der Waals surface area contributed by atoms with E-state index in [1.165, 1.54) is 10.5 Å². The summed E-state index contributed by atoms with van der Waals surface area (Å²) in [6.07, 6.45) is 3.07. The van der Waals surface area contributed by atoms with Gasteiger partial charge in [0.05, 0.1) is 6.10 Å². The smallest absolute Gasteiger partial charge is 0.0633 e. The summed E-state index contributed by atoms with van der Waals surface area (Å²) in [4.78, 5) is 3.76. The van der Waals surface area contributed by atoms with Crippen molar-refractivity contribution in [3.05, 3.63) is 28.5 Å². The van der Waals surface area contributed by atoms with Crippen molar-refractivity contribution in [2.45, 2.75) is 12.5 Å². The fraction of sp³-hybridized carbons (Fsp3) is 0.500. The summed E-state index contributed by atoms with van der Waals surface area (Å²) >= 11 is 1.78. The van der Waals surface area contributed by atoms with Gasteiger partial charge in [-0.05, 0) is 23.4 Å². The van der Waals surface area contributed by atoms with Crippen LogP contribution in [0.5, 0.6) is 0 Å². The number of halogens is 1. The summed E-state index contributed by atoms with van der Waals surface area (Å²) < 4.78 is 0. The average molecular weight is 258 g/mol. The fourth-order valence-corrected chi connectivity index (χ4v) is 3.42. The van der Waals surface area contributed by atoms with Gasteiger partial charge in [-0.3, -0.25) is 4.90 Å². The second kappa shape index (κ2) is 4.88. The van der Waals surface area contributed by atoms with Crippen LogP contribution in [0.4, 0.5) is 0 Å². The number of piperidine rings is 1. The minimum atomic E-state index is -0.144. The van der Waals surface area contributed by atoms with Gasteiger partial charge in [0.2, 0.25) is 0 Å². The van der Waals surface area contributed by atoms with Gasteiger partial charge in [0, 0.05) is 30.4 Å². The Labute approximate surface area is 106 Å². The first-order valence-corrected chi connectivity index (χ1v) is 6.37. The lowest BCUT2D eigenvalue weighted by Gasteiger charge is -2.40. The van der Waals surface area contributed by atoms with Crippen molar-refractivity contribution >= 4 is 29.3 Å². The molecule has 0 aromatic carbocycles. The molecule has 1 saturated heterocycles. The lowest BCUT2D eigenvalue weighted by atomic mass is 9.84. The highest BCUT2D eigenvalue weighted by Gasteiger charge is 2.33. The van der Waals surface area contributed by atoms with E-state index in [0.717, 1.165) is 26.1 Å². The van der Waals surface area contributed by atoms with Crippen LogP contribution in [-0.4, -0.2) is 35.7 Å². The third kappa shape index (κ3) is 2.05. The molecule has 2 aliphatic heterocycles. The molecular formula is C12H16ClNOS. The molecule has 1 aromatic rings.